The second kappa shape index (κ2) is 5.61. The van der Waals surface area contributed by atoms with E-state index in [1.54, 1.807) is 0 Å². The minimum absolute atomic E-state index is 0.611. The number of hydrogen-bond acceptors (Lipinski definition) is 2. The van der Waals surface area contributed by atoms with E-state index < -0.39 is 0 Å². The summed E-state index contributed by atoms with van der Waals surface area (Å²) >= 11 is 0. The topological polar surface area (TPSA) is 15.3 Å². The van der Waals surface area contributed by atoms with Crippen LogP contribution in [0.15, 0.2) is 0 Å². The average molecular weight is 184 g/mol. The van der Waals surface area contributed by atoms with E-state index >= 15 is 0 Å². The first-order chi connectivity index (χ1) is 6.18. The molecule has 1 heterocycles. The van der Waals surface area contributed by atoms with Gasteiger partial charge in [-0.15, -0.1) is 0 Å². The van der Waals surface area contributed by atoms with Crippen LogP contribution in [0.3, 0.4) is 0 Å². The summed E-state index contributed by atoms with van der Waals surface area (Å²) in [6, 6.07) is 1.25. The maximum atomic E-state index is 3.55. The lowest BCUT2D eigenvalue weighted by molar-refractivity contribution is 0.206. The first-order valence-electron chi connectivity index (χ1n) is 5.67. The molecule has 0 bridgehead atoms. The summed E-state index contributed by atoms with van der Waals surface area (Å²) in [4.78, 5) is 2.59. The Morgan fingerprint density at radius 2 is 1.69 bits per heavy atom. The quantitative estimate of drug-likeness (QED) is 0.717. The van der Waals surface area contributed by atoms with Gasteiger partial charge in [0.25, 0.3) is 0 Å². The van der Waals surface area contributed by atoms with Crippen LogP contribution in [-0.4, -0.2) is 36.6 Å². The Morgan fingerprint density at radius 1 is 1.08 bits per heavy atom. The Bertz CT molecular complexity index is 128. The van der Waals surface area contributed by atoms with Crippen LogP contribution in [0.4, 0.5) is 0 Å². The molecule has 1 fully saturated rings. The molecule has 0 saturated carbocycles. The molecule has 1 saturated heterocycles. The van der Waals surface area contributed by atoms with Crippen LogP contribution in [0, 0.1) is 0 Å². The lowest BCUT2D eigenvalue weighted by Gasteiger charge is -2.30. The third-order valence-corrected chi connectivity index (χ3v) is 2.60. The van der Waals surface area contributed by atoms with Crippen molar-refractivity contribution in [1.82, 2.24) is 10.2 Å². The minimum Gasteiger partial charge on any atom is -0.311 e. The van der Waals surface area contributed by atoms with E-state index in [-0.39, 0.29) is 0 Å². The van der Waals surface area contributed by atoms with E-state index in [9.17, 15) is 0 Å². The third-order valence-electron chi connectivity index (χ3n) is 2.60. The van der Waals surface area contributed by atoms with Gasteiger partial charge in [0.05, 0.1) is 0 Å². The first-order valence-corrected chi connectivity index (χ1v) is 5.67. The van der Waals surface area contributed by atoms with Crippen molar-refractivity contribution in [2.45, 2.75) is 52.1 Å². The van der Waals surface area contributed by atoms with Gasteiger partial charge in [0.15, 0.2) is 0 Å². The van der Waals surface area contributed by atoms with Crippen molar-refractivity contribution in [3.8, 4) is 0 Å². The van der Waals surface area contributed by atoms with Gasteiger partial charge < -0.3 is 10.2 Å². The predicted octanol–water partition coefficient (Wildman–Crippen LogP) is 1.86. The van der Waals surface area contributed by atoms with Crippen molar-refractivity contribution in [3.05, 3.63) is 0 Å². The number of likely N-dealkylation sites (tertiary alicyclic amines) is 1. The molecule has 0 spiro atoms. The molecule has 2 nitrogen and oxygen atoms in total. The molecule has 0 aromatic carbocycles. The van der Waals surface area contributed by atoms with Crippen molar-refractivity contribution in [3.63, 3.8) is 0 Å². The van der Waals surface area contributed by atoms with Crippen LogP contribution < -0.4 is 5.32 Å². The summed E-state index contributed by atoms with van der Waals surface area (Å²) < 4.78 is 0. The van der Waals surface area contributed by atoms with E-state index in [0.29, 0.717) is 12.1 Å². The zero-order valence-electron chi connectivity index (χ0n) is 9.34. The summed E-state index contributed by atoms with van der Waals surface area (Å²) in [5, 5.41) is 3.55. The normalized spacial score (nSPS) is 22.2. The van der Waals surface area contributed by atoms with E-state index in [4.69, 9.17) is 0 Å². The molecule has 0 aromatic heterocycles. The third kappa shape index (κ3) is 4.63. The van der Waals surface area contributed by atoms with Crippen LogP contribution in [0.2, 0.25) is 0 Å². The molecular weight excluding hydrogens is 160 g/mol. The van der Waals surface area contributed by atoms with Gasteiger partial charge in [0, 0.05) is 18.6 Å². The van der Waals surface area contributed by atoms with Crippen LogP contribution >= 0.6 is 0 Å². The fourth-order valence-corrected chi connectivity index (χ4v) is 2.15. The summed E-state index contributed by atoms with van der Waals surface area (Å²) in [6.07, 6.45) is 4.23. The van der Waals surface area contributed by atoms with Crippen molar-refractivity contribution in [1.29, 1.82) is 0 Å². The molecule has 1 aliphatic heterocycles. The number of nitrogens with one attached hydrogen (secondary N) is 1. The highest BCUT2D eigenvalue weighted by atomic mass is 15.2. The van der Waals surface area contributed by atoms with E-state index in [1.807, 2.05) is 0 Å². The van der Waals surface area contributed by atoms with E-state index in [0.717, 1.165) is 0 Å². The number of rotatable bonds is 4. The molecule has 2 heteroatoms. The highest BCUT2D eigenvalue weighted by molar-refractivity contribution is 4.72. The lowest BCUT2D eigenvalue weighted by Crippen LogP contribution is -2.43. The fraction of sp³-hybridized carbons (Fsp3) is 1.00. The molecule has 78 valence electrons. The Morgan fingerprint density at radius 3 is 2.23 bits per heavy atom. The van der Waals surface area contributed by atoms with Gasteiger partial charge in [-0.05, 0) is 32.9 Å². The smallest absolute Gasteiger partial charge is 0.0169 e. The fourth-order valence-electron chi connectivity index (χ4n) is 2.15. The van der Waals surface area contributed by atoms with Crippen LogP contribution in [-0.2, 0) is 0 Å². The van der Waals surface area contributed by atoms with Gasteiger partial charge >= 0.3 is 0 Å². The zero-order valence-corrected chi connectivity index (χ0v) is 9.34. The summed E-state index contributed by atoms with van der Waals surface area (Å²) in [6.45, 7) is 10.6. The second-order valence-corrected chi connectivity index (χ2v) is 4.58. The largest absolute Gasteiger partial charge is 0.311 e. The second-order valence-electron chi connectivity index (χ2n) is 4.58. The minimum atomic E-state index is 0.611. The molecule has 0 aliphatic carbocycles. The van der Waals surface area contributed by atoms with Crippen LogP contribution in [0.25, 0.3) is 0 Å². The zero-order chi connectivity index (χ0) is 9.68. The molecule has 0 radical (unpaired) electrons. The SMILES string of the molecule is CC(C)NC(C)CN1CCCCC1. The molecule has 13 heavy (non-hydrogen) atoms. The molecule has 0 aromatic rings. The van der Waals surface area contributed by atoms with Crippen molar-refractivity contribution < 1.29 is 0 Å². The standard InChI is InChI=1S/C11H24N2/c1-10(2)12-11(3)9-13-7-5-4-6-8-13/h10-12H,4-9H2,1-3H3. The maximum Gasteiger partial charge on any atom is 0.0169 e. The lowest BCUT2D eigenvalue weighted by atomic mass is 10.1. The Kier molecular flexibility index (Phi) is 4.74. The molecule has 0 amide bonds. The van der Waals surface area contributed by atoms with E-state index in [2.05, 4.69) is 31.0 Å². The molecule has 1 unspecified atom stereocenters. The maximum absolute atomic E-state index is 3.55. The molecule has 1 N–H and O–H groups in total. The Hall–Kier alpha value is -0.0800. The molecular formula is C11H24N2. The van der Waals surface area contributed by atoms with Gasteiger partial charge in [0.1, 0.15) is 0 Å². The van der Waals surface area contributed by atoms with Crippen LogP contribution in [0.1, 0.15) is 40.0 Å². The summed E-state index contributed by atoms with van der Waals surface area (Å²) in [5.74, 6) is 0. The monoisotopic (exact) mass is 184 g/mol. The Labute approximate surface area is 82.7 Å². The van der Waals surface area contributed by atoms with Crippen molar-refractivity contribution >= 4 is 0 Å². The molecule has 1 aliphatic rings. The predicted molar refractivity (Wildman–Crippen MR) is 58.0 cm³/mol. The van der Waals surface area contributed by atoms with Crippen molar-refractivity contribution in [2.75, 3.05) is 19.6 Å². The highest BCUT2D eigenvalue weighted by Gasteiger charge is 2.13. The number of piperidine rings is 1. The van der Waals surface area contributed by atoms with Gasteiger partial charge in [-0.1, -0.05) is 20.3 Å². The first kappa shape index (κ1) is 11.0. The molecule has 1 rings (SSSR count). The van der Waals surface area contributed by atoms with E-state index in [1.165, 1.54) is 38.9 Å². The average Bonchev–Trinajstić information content (AvgIpc) is 2.04. The number of nitrogens with zero attached hydrogens (tertiary/aromatic N) is 1. The summed E-state index contributed by atoms with van der Waals surface area (Å²) in [5.41, 5.74) is 0. The highest BCUT2D eigenvalue weighted by Crippen LogP contribution is 2.08. The molecule has 1 atom stereocenters. The van der Waals surface area contributed by atoms with Gasteiger partial charge in [0.2, 0.25) is 0 Å². The summed E-state index contributed by atoms with van der Waals surface area (Å²) in [7, 11) is 0. The van der Waals surface area contributed by atoms with Gasteiger partial charge in [-0.3, -0.25) is 0 Å². The van der Waals surface area contributed by atoms with Gasteiger partial charge in [-0.25, -0.2) is 0 Å². The van der Waals surface area contributed by atoms with Crippen molar-refractivity contribution in [2.24, 2.45) is 0 Å². The number of hydrogen-bond donors (Lipinski definition) is 1. The van der Waals surface area contributed by atoms with Crippen LogP contribution in [0.5, 0.6) is 0 Å². The van der Waals surface area contributed by atoms with Gasteiger partial charge in [-0.2, -0.15) is 0 Å². The Balaban J connectivity index is 2.14.